The van der Waals surface area contributed by atoms with Gasteiger partial charge in [0.05, 0.1) is 6.04 Å². The van der Waals surface area contributed by atoms with E-state index >= 15 is 0 Å². The second-order valence-corrected chi connectivity index (χ2v) is 6.73. The highest BCUT2D eigenvalue weighted by atomic mass is 127. The predicted octanol–water partition coefficient (Wildman–Crippen LogP) is 3.41. The van der Waals surface area contributed by atoms with Crippen LogP contribution >= 0.6 is 38.5 Å². The van der Waals surface area contributed by atoms with Gasteiger partial charge >= 0.3 is 0 Å². The molecule has 1 atom stereocenters. The van der Waals surface area contributed by atoms with Crippen molar-refractivity contribution in [2.24, 2.45) is 5.84 Å². The van der Waals surface area contributed by atoms with Crippen LogP contribution in [0.3, 0.4) is 0 Å². The van der Waals surface area contributed by atoms with Crippen LogP contribution in [0.15, 0.2) is 35.1 Å². The molecular formula is C14H18BrIN4. The minimum atomic E-state index is 0.0390. The van der Waals surface area contributed by atoms with Crippen molar-refractivity contribution in [3.8, 4) is 0 Å². The normalized spacial score (nSPS) is 12.6. The Morgan fingerprint density at radius 2 is 2.30 bits per heavy atom. The van der Waals surface area contributed by atoms with Gasteiger partial charge in [0.1, 0.15) is 5.82 Å². The zero-order chi connectivity index (χ0) is 14.5. The predicted molar refractivity (Wildman–Crippen MR) is 93.1 cm³/mol. The topological polar surface area (TPSA) is 55.9 Å². The van der Waals surface area contributed by atoms with Gasteiger partial charge in [0, 0.05) is 33.4 Å². The second kappa shape index (κ2) is 7.53. The molecule has 1 aromatic heterocycles. The van der Waals surface area contributed by atoms with E-state index in [1.165, 1.54) is 3.57 Å². The third kappa shape index (κ3) is 3.81. The average Bonchev–Trinajstić information content (AvgIpc) is 2.87. The summed E-state index contributed by atoms with van der Waals surface area (Å²) in [6.45, 7) is 3.15. The quantitative estimate of drug-likeness (QED) is 0.404. The van der Waals surface area contributed by atoms with Crippen molar-refractivity contribution < 1.29 is 0 Å². The lowest BCUT2D eigenvalue weighted by molar-refractivity contribution is 0.515. The average molecular weight is 449 g/mol. The molecule has 0 saturated carbocycles. The van der Waals surface area contributed by atoms with Crippen LogP contribution in [0.4, 0.5) is 0 Å². The monoisotopic (exact) mass is 448 g/mol. The molecule has 1 aromatic carbocycles. The van der Waals surface area contributed by atoms with Gasteiger partial charge in [0.2, 0.25) is 0 Å². The van der Waals surface area contributed by atoms with Crippen LogP contribution in [0.1, 0.15) is 30.8 Å². The summed E-state index contributed by atoms with van der Waals surface area (Å²) in [5.74, 6) is 6.81. The molecule has 2 rings (SSSR count). The molecule has 0 aliphatic rings. The van der Waals surface area contributed by atoms with E-state index in [1.807, 2.05) is 12.4 Å². The first kappa shape index (κ1) is 15.9. The van der Waals surface area contributed by atoms with Crippen LogP contribution in [-0.4, -0.2) is 9.55 Å². The number of benzene rings is 1. The molecule has 0 spiro atoms. The molecule has 4 nitrogen and oxygen atoms in total. The number of nitrogens with one attached hydrogen (secondary N) is 1. The van der Waals surface area contributed by atoms with E-state index in [0.29, 0.717) is 0 Å². The molecule has 0 aliphatic heterocycles. The minimum Gasteiger partial charge on any atom is -0.335 e. The second-order valence-electron chi connectivity index (χ2n) is 4.63. The number of rotatable bonds is 6. The van der Waals surface area contributed by atoms with E-state index in [0.717, 1.165) is 35.2 Å². The number of hydrazine groups is 1. The Kier molecular flexibility index (Phi) is 6.01. The van der Waals surface area contributed by atoms with Crippen molar-refractivity contribution >= 4 is 38.5 Å². The van der Waals surface area contributed by atoms with Crippen molar-refractivity contribution in [1.82, 2.24) is 15.0 Å². The van der Waals surface area contributed by atoms with Gasteiger partial charge in [-0.3, -0.25) is 11.3 Å². The molecule has 0 aliphatic carbocycles. The first-order chi connectivity index (χ1) is 9.65. The van der Waals surface area contributed by atoms with E-state index in [1.54, 1.807) is 0 Å². The highest BCUT2D eigenvalue weighted by Gasteiger charge is 2.16. The summed E-state index contributed by atoms with van der Waals surface area (Å²) in [7, 11) is 0. The lowest BCUT2D eigenvalue weighted by Crippen LogP contribution is -2.30. The molecule has 108 valence electrons. The number of aryl methyl sites for hydroxylation is 1. The van der Waals surface area contributed by atoms with Gasteiger partial charge < -0.3 is 4.57 Å². The fourth-order valence-corrected chi connectivity index (χ4v) is 3.24. The number of halogens is 2. The SMILES string of the molecule is CCCn1ccnc1CC(NN)c1cc(I)ccc1Br. The largest absolute Gasteiger partial charge is 0.335 e. The third-order valence-electron chi connectivity index (χ3n) is 3.19. The fourth-order valence-electron chi connectivity index (χ4n) is 2.20. The standard InChI is InChI=1S/C14H18BrIN4/c1-2-6-20-7-5-18-14(20)9-13(19-17)11-8-10(16)3-4-12(11)15/h3-5,7-8,13,19H,2,6,9,17H2,1H3. The van der Waals surface area contributed by atoms with Crippen LogP contribution in [0.5, 0.6) is 0 Å². The Hall–Kier alpha value is -0.440. The maximum atomic E-state index is 5.75. The molecule has 0 fully saturated rings. The summed E-state index contributed by atoms with van der Waals surface area (Å²) in [4.78, 5) is 4.45. The van der Waals surface area contributed by atoms with Gasteiger partial charge in [0.25, 0.3) is 0 Å². The summed E-state index contributed by atoms with van der Waals surface area (Å²) >= 11 is 5.91. The molecule has 1 heterocycles. The van der Waals surface area contributed by atoms with E-state index in [9.17, 15) is 0 Å². The molecule has 0 bridgehead atoms. The maximum Gasteiger partial charge on any atom is 0.110 e. The highest BCUT2D eigenvalue weighted by molar-refractivity contribution is 14.1. The van der Waals surface area contributed by atoms with E-state index in [-0.39, 0.29) is 6.04 Å². The Labute approximate surface area is 141 Å². The maximum absolute atomic E-state index is 5.75. The minimum absolute atomic E-state index is 0.0390. The smallest absolute Gasteiger partial charge is 0.110 e. The zero-order valence-corrected chi connectivity index (χ0v) is 15.1. The van der Waals surface area contributed by atoms with Gasteiger partial charge in [-0.2, -0.15) is 0 Å². The van der Waals surface area contributed by atoms with Gasteiger partial charge in [0.15, 0.2) is 0 Å². The molecule has 0 amide bonds. The summed E-state index contributed by atoms with van der Waals surface area (Å²) in [6, 6.07) is 6.30. The molecule has 3 N–H and O–H groups in total. The van der Waals surface area contributed by atoms with Crippen molar-refractivity contribution in [2.75, 3.05) is 0 Å². The first-order valence-electron chi connectivity index (χ1n) is 6.56. The van der Waals surface area contributed by atoms with Crippen LogP contribution < -0.4 is 11.3 Å². The number of aromatic nitrogens is 2. The zero-order valence-electron chi connectivity index (χ0n) is 11.3. The van der Waals surface area contributed by atoms with Gasteiger partial charge in [-0.15, -0.1) is 0 Å². The molecule has 0 radical (unpaired) electrons. The van der Waals surface area contributed by atoms with E-state index in [2.05, 4.69) is 78.6 Å². The number of nitrogens with two attached hydrogens (primary N) is 1. The number of nitrogens with zero attached hydrogens (tertiary/aromatic N) is 2. The molecule has 0 saturated heterocycles. The van der Waals surface area contributed by atoms with Crippen LogP contribution in [-0.2, 0) is 13.0 Å². The molecular weight excluding hydrogens is 431 g/mol. The van der Waals surface area contributed by atoms with Crippen molar-refractivity contribution in [3.05, 3.63) is 50.0 Å². The Bertz CT molecular complexity index is 570. The van der Waals surface area contributed by atoms with Gasteiger partial charge in [-0.1, -0.05) is 22.9 Å². The molecule has 6 heteroatoms. The van der Waals surface area contributed by atoms with Crippen LogP contribution in [0.2, 0.25) is 0 Å². The van der Waals surface area contributed by atoms with E-state index < -0.39 is 0 Å². The lowest BCUT2D eigenvalue weighted by Gasteiger charge is -2.18. The van der Waals surface area contributed by atoms with Crippen LogP contribution in [0.25, 0.3) is 0 Å². The number of hydrogen-bond donors (Lipinski definition) is 2. The lowest BCUT2D eigenvalue weighted by atomic mass is 10.0. The highest BCUT2D eigenvalue weighted by Crippen LogP contribution is 2.27. The summed E-state index contributed by atoms with van der Waals surface area (Å²) in [6.07, 6.45) is 5.73. The fraction of sp³-hybridized carbons (Fsp3) is 0.357. The van der Waals surface area contributed by atoms with E-state index in [4.69, 9.17) is 5.84 Å². The van der Waals surface area contributed by atoms with Gasteiger partial charge in [-0.05, 0) is 52.8 Å². The first-order valence-corrected chi connectivity index (χ1v) is 8.44. The van der Waals surface area contributed by atoms with Crippen molar-refractivity contribution in [3.63, 3.8) is 0 Å². The molecule has 20 heavy (non-hydrogen) atoms. The number of imidazole rings is 1. The summed E-state index contributed by atoms with van der Waals surface area (Å²) < 4.78 is 4.44. The Morgan fingerprint density at radius 1 is 1.50 bits per heavy atom. The summed E-state index contributed by atoms with van der Waals surface area (Å²) in [5.41, 5.74) is 4.07. The third-order valence-corrected chi connectivity index (χ3v) is 4.58. The van der Waals surface area contributed by atoms with Crippen LogP contribution in [0, 0.1) is 3.57 Å². The molecule has 2 aromatic rings. The van der Waals surface area contributed by atoms with Crippen molar-refractivity contribution in [1.29, 1.82) is 0 Å². The molecule has 1 unspecified atom stereocenters. The Morgan fingerprint density at radius 3 is 3.00 bits per heavy atom. The number of hydrogen-bond acceptors (Lipinski definition) is 3. The van der Waals surface area contributed by atoms with Crippen molar-refractivity contribution in [2.45, 2.75) is 32.4 Å². The Balaban J connectivity index is 2.24. The van der Waals surface area contributed by atoms with Gasteiger partial charge in [-0.25, -0.2) is 4.98 Å². The summed E-state index contributed by atoms with van der Waals surface area (Å²) in [5, 5.41) is 0.